The molecule has 9 heteroatoms. The summed E-state index contributed by atoms with van der Waals surface area (Å²) in [5.74, 6) is -0.712. The number of carbonyl (C=O) groups is 2. The van der Waals surface area contributed by atoms with Crippen molar-refractivity contribution >= 4 is 17.5 Å². The van der Waals surface area contributed by atoms with Crippen molar-refractivity contribution in [3.05, 3.63) is 30.6 Å². The lowest BCUT2D eigenvalue weighted by atomic mass is 10.3. The smallest absolute Gasteiger partial charge is 0.243 e. The Bertz CT molecular complexity index is 579. The van der Waals surface area contributed by atoms with Crippen molar-refractivity contribution in [3.63, 3.8) is 0 Å². The van der Waals surface area contributed by atoms with E-state index in [0.717, 1.165) is 5.69 Å². The number of aromatic nitrogens is 4. The maximum Gasteiger partial charge on any atom is 0.243 e. The van der Waals surface area contributed by atoms with Crippen LogP contribution in [0.5, 0.6) is 0 Å². The third-order valence-electron chi connectivity index (χ3n) is 2.40. The van der Waals surface area contributed by atoms with Gasteiger partial charge in [0.05, 0.1) is 18.8 Å². The summed E-state index contributed by atoms with van der Waals surface area (Å²) >= 11 is 0. The topological polar surface area (TPSA) is 128 Å². The van der Waals surface area contributed by atoms with E-state index in [1.54, 1.807) is 24.3 Å². The number of tetrazole rings is 1. The minimum atomic E-state index is -0.380. The van der Waals surface area contributed by atoms with Crippen LogP contribution in [-0.2, 0) is 9.59 Å². The molecule has 20 heavy (non-hydrogen) atoms. The van der Waals surface area contributed by atoms with Crippen molar-refractivity contribution in [3.8, 4) is 5.69 Å². The molecule has 2 aromatic rings. The highest BCUT2D eigenvalue weighted by Crippen LogP contribution is 2.11. The molecular weight excluding hydrogens is 262 g/mol. The normalized spacial score (nSPS) is 10.1. The van der Waals surface area contributed by atoms with Gasteiger partial charge < -0.3 is 16.4 Å². The highest BCUT2D eigenvalue weighted by atomic mass is 16.2. The molecule has 0 aliphatic carbocycles. The number of anilines is 1. The Kier molecular flexibility index (Phi) is 4.35. The molecule has 4 N–H and O–H groups in total. The van der Waals surface area contributed by atoms with Crippen LogP contribution in [0, 0.1) is 0 Å². The predicted molar refractivity (Wildman–Crippen MR) is 69.8 cm³/mol. The first kappa shape index (κ1) is 13.6. The minimum absolute atomic E-state index is 0.120. The summed E-state index contributed by atoms with van der Waals surface area (Å²) in [5.41, 5.74) is 6.49. The first-order valence-electron chi connectivity index (χ1n) is 5.79. The van der Waals surface area contributed by atoms with Crippen molar-refractivity contribution in [2.75, 3.05) is 18.4 Å². The van der Waals surface area contributed by atoms with Gasteiger partial charge in [-0.3, -0.25) is 9.59 Å². The second-order valence-corrected chi connectivity index (χ2v) is 3.83. The molecule has 0 aliphatic heterocycles. The van der Waals surface area contributed by atoms with Crippen molar-refractivity contribution in [1.82, 2.24) is 25.5 Å². The first-order valence-corrected chi connectivity index (χ1v) is 5.79. The van der Waals surface area contributed by atoms with Crippen molar-refractivity contribution in [1.29, 1.82) is 0 Å². The lowest BCUT2D eigenvalue weighted by molar-refractivity contribution is -0.123. The van der Waals surface area contributed by atoms with E-state index in [9.17, 15) is 9.59 Å². The molecule has 1 aromatic carbocycles. The summed E-state index contributed by atoms with van der Waals surface area (Å²) in [4.78, 5) is 22.4. The van der Waals surface area contributed by atoms with Crippen molar-refractivity contribution < 1.29 is 9.59 Å². The van der Waals surface area contributed by atoms with Gasteiger partial charge in [0, 0.05) is 5.69 Å². The molecule has 0 saturated heterocycles. The Hall–Kier alpha value is -2.81. The Morgan fingerprint density at radius 1 is 1.20 bits per heavy atom. The molecule has 2 amide bonds. The Labute approximate surface area is 114 Å². The van der Waals surface area contributed by atoms with Gasteiger partial charge in [0.1, 0.15) is 6.33 Å². The average molecular weight is 275 g/mol. The summed E-state index contributed by atoms with van der Waals surface area (Å²) in [5, 5.41) is 15.8. The van der Waals surface area contributed by atoms with Crippen molar-refractivity contribution in [2.45, 2.75) is 0 Å². The first-order chi connectivity index (χ1) is 9.69. The Morgan fingerprint density at radius 2 is 1.95 bits per heavy atom. The number of rotatable bonds is 5. The van der Waals surface area contributed by atoms with E-state index in [4.69, 9.17) is 5.73 Å². The third kappa shape index (κ3) is 3.59. The van der Waals surface area contributed by atoms with Gasteiger partial charge in [0.15, 0.2) is 0 Å². The fourth-order valence-corrected chi connectivity index (χ4v) is 1.43. The van der Waals surface area contributed by atoms with Crippen molar-refractivity contribution in [2.24, 2.45) is 5.73 Å². The average Bonchev–Trinajstić information content (AvgIpc) is 2.99. The van der Waals surface area contributed by atoms with Crippen LogP contribution in [0.2, 0.25) is 0 Å². The molecule has 0 bridgehead atoms. The molecule has 0 unspecified atom stereocenters. The quantitative estimate of drug-likeness (QED) is 0.620. The molecule has 2 rings (SSSR count). The van der Waals surface area contributed by atoms with Crippen LogP contribution >= 0.6 is 0 Å². The van der Waals surface area contributed by atoms with Gasteiger partial charge >= 0.3 is 0 Å². The van der Waals surface area contributed by atoms with Gasteiger partial charge in [-0.1, -0.05) is 0 Å². The molecule has 0 spiro atoms. The number of hydrogen-bond acceptors (Lipinski definition) is 6. The lowest BCUT2D eigenvalue weighted by Crippen LogP contribution is -2.36. The van der Waals surface area contributed by atoms with E-state index in [1.165, 1.54) is 11.0 Å². The Balaban J connectivity index is 1.90. The van der Waals surface area contributed by atoms with Crippen LogP contribution in [0.15, 0.2) is 30.6 Å². The van der Waals surface area contributed by atoms with E-state index in [-0.39, 0.29) is 24.9 Å². The molecule has 0 aliphatic rings. The van der Waals surface area contributed by atoms with E-state index < -0.39 is 0 Å². The molecule has 0 saturated carbocycles. The molecule has 0 atom stereocenters. The number of hydrogen-bond donors (Lipinski definition) is 3. The molecular formula is C11H13N7O2. The van der Waals surface area contributed by atoms with Gasteiger partial charge in [-0.05, 0) is 34.7 Å². The summed E-state index contributed by atoms with van der Waals surface area (Å²) in [6.45, 7) is -0.265. The summed E-state index contributed by atoms with van der Waals surface area (Å²) in [7, 11) is 0. The van der Waals surface area contributed by atoms with Gasteiger partial charge in [-0.2, -0.15) is 0 Å². The van der Waals surface area contributed by atoms with Crippen LogP contribution in [0.25, 0.3) is 5.69 Å². The second-order valence-electron chi connectivity index (χ2n) is 3.83. The molecule has 104 valence electrons. The summed E-state index contributed by atoms with van der Waals surface area (Å²) < 4.78 is 1.49. The zero-order chi connectivity index (χ0) is 14.4. The molecule has 1 heterocycles. The number of carbonyl (C=O) groups excluding carboxylic acids is 2. The van der Waals surface area contributed by atoms with Gasteiger partial charge in [-0.15, -0.1) is 5.10 Å². The number of amides is 2. The second kappa shape index (κ2) is 6.38. The summed E-state index contributed by atoms with van der Waals surface area (Å²) in [6.07, 6.45) is 1.47. The number of benzene rings is 1. The highest BCUT2D eigenvalue weighted by molar-refractivity contribution is 5.94. The molecule has 0 radical (unpaired) electrons. The largest absolute Gasteiger partial charge is 0.346 e. The predicted octanol–water partition coefficient (Wildman–Crippen LogP) is -1.32. The maximum absolute atomic E-state index is 11.5. The van der Waals surface area contributed by atoms with E-state index in [0.29, 0.717) is 5.69 Å². The standard InChI is InChI=1S/C11H13N7O2/c12-5-10(19)13-6-11(20)15-8-1-3-9(4-2-8)18-7-14-16-17-18/h1-4,7H,5-6,12H2,(H,13,19)(H,15,20). The third-order valence-corrected chi connectivity index (χ3v) is 2.40. The van der Waals surface area contributed by atoms with Gasteiger partial charge in [-0.25, -0.2) is 4.68 Å². The fourth-order valence-electron chi connectivity index (χ4n) is 1.43. The zero-order valence-corrected chi connectivity index (χ0v) is 10.5. The molecule has 9 nitrogen and oxygen atoms in total. The summed E-state index contributed by atoms with van der Waals surface area (Å²) in [6, 6.07) is 6.92. The lowest BCUT2D eigenvalue weighted by Gasteiger charge is -2.07. The van der Waals surface area contributed by atoms with Crippen LogP contribution in [0.1, 0.15) is 0 Å². The van der Waals surface area contributed by atoms with Gasteiger partial charge in [0.25, 0.3) is 0 Å². The highest BCUT2D eigenvalue weighted by Gasteiger charge is 2.05. The monoisotopic (exact) mass is 275 g/mol. The van der Waals surface area contributed by atoms with Crippen LogP contribution in [0.4, 0.5) is 5.69 Å². The Morgan fingerprint density at radius 3 is 2.55 bits per heavy atom. The van der Waals surface area contributed by atoms with Gasteiger partial charge in [0.2, 0.25) is 11.8 Å². The molecule has 0 fully saturated rings. The van der Waals surface area contributed by atoms with Crippen LogP contribution in [-0.4, -0.2) is 45.1 Å². The number of nitrogens with two attached hydrogens (primary N) is 1. The fraction of sp³-hybridized carbons (Fsp3) is 0.182. The number of nitrogens with zero attached hydrogens (tertiary/aromatic N) is 4. The van der Waals surface area contributed by atoms with Crippen LogP contribution < -0.4 is 16.4 Å². The zero-order valence-electron chi connectivity index (χ0n) is 10.5. The number of nitrogens with one attached hydrogen (secondary N) is 2. The minimum Gasteiger partial charge on any atom is -0.346 e. The van der Waals surface area contributed by atoms with E-state index in [2.05, 4.69) is 26.2 Å². The van der Waals surface area contributed by atoms with E-state index >= 15 is 0 Å². The SMILES string of the molecule is NCC(=O)NCC(=O)Nc1ccc(-n2cnnn2)cc1. The maximum atomic E-state index is 11.5. The van der Waals surface area contributed by atoms with E-state index in [1.807, 2.05) is 0 Å². The van der Waals surface area contributed by atoms with Crippen LogP contribution in [0.3, 0.4) is 0 Å². The molecule has 1 aromatic heterocycles.